The third kappa shape index (κ3) is 3.77. The zero-order valence-corrected chi connectivity index (χ0v) is 16.9. The van der Waals surface area contributed by atoms with E-state index in [4.69, 9.17) is 14.2 Å². The monoisotopic (exact) mass is 417 g/mol. The Morgan fingerprint density at radius 1 is 1.17 bits per heavy atom. The standard InChI is InChI=1S/C22H27NO7/c1-3-4-13-9-28-15-8-12(5-6-14(13)15)7-11(2)22(27)23-16-17(24)19(26)21-20(18(16)25)29-10-30-21/h4-8,16-21,24-26H,3,9-10H2,1-2H3,(H,23,27)/b11-7+,13-4-/t16-,17+,18-,19-,20+,21-/m1/s1. The van der Waals surface area contributed by atoms with Gasteiger partial charge in [-0.3, -0.25) is 4.79 Å². The van der Waals surface area contributed by atoms with Gasteiger partial charge in [-0.05, 0) is 36.6 Å². The fourth-order valence-electron chi connectivity index (χ4n) is 4.20. The third-order valence-electron chi connectivity index (χ3n) is 5.83. The Morgan fingerprint density at radius 2 is 1.90 bits per heavy atom. The van der Waals surface area contributed by atoms with Crippen molar-refractivity contribution in [3.05, 3.63) is 41.0 Å². The summed E-state index contributed by atoms with van der Waals surface area (Å²) < 4.78 is 16.2. The van der Waals surface area contributed by atoms with Crippen LogP contribution in [0.2, 0.25) is 0 Å². The lowest BCUT2D eigenvalue weighted by molar-refractivity contribution is -0.155. The molecule has 4 rings (SSSR count). The van der Waals surface area contributed by atoms with Gasteiger partial charge in [-0.15, -0.1) is 0 Å². The highest BCUT2D eigenvalue weighted by atomic mass is 16.7. The molecule has 1 saturated heterocycles. The summed E-state index contributed by atoms with van der Waals surface area (Å²) in [5, 5.41) is 33.7. The van der Waals surface area contributed by atoms with Gasteiger partial charge in [0.2, 0.25) is 5.91 Å². The number of aliphatic hydroxyl groups is 3. The molecule has 1 aliphatic carbocycles. The highest BCUT2D eigenvalue weighted by Crippen LogP contribution is 2.35. The summed E-state index contributed by atoms with van der Waals surface area (Å²) in [6, 6.07) is 4.69. The minimum absolute atomic E-state index is 0.0780. The molecule has 0 spiro atoms. The molecule has 0 aromatic heterocycles. The van der Waals surface area contributed by atoms with E-state index in [-0.39, 0.29) is 6.79 Å². The smallest absolute Gasteiger partial charge is 0.247 e. The van der Waals surface area contributed by atoms with Crippen LogP contribution in [-0.4, -0.2) is 71.2 Å². The summed E-state index contributed by atoms with van der Waals surface area (Å²) in [6.07, 6.45) is -0.702. The minimum atomic E-state index is -1.38. The average Bonchev–Trinajstić information content (AvgIpc) is 3.37. The van der Waals surface area contributed by atoms with Gasteiger partial charge in [-0.1, -0.05) is 25.1 Å². The Kier molecular flexibility index (Phi) is 5.95. The van der Waals surface area contributed by atoms with Crippen molar-refractivity contribution in [1.82, 2.24) is 5.32 Å². The zero-order chi connectivity index (χ0) is 21.4. The molecule has 30 heavy (non-hydrogen) atoms. The number of carbonyl (C=O) groups excluding carboxylic acids is 1. The lowest BCUT2D eigenvalue weighted by atomic mass is 9.83. The van der Waals surface area contributed by atoms with Crippen LogP contribution in [0.4, 0.5) is 0 Å². The number of benzene rings is 1. The predicted octanol–water partition coefficient (Wildman–Crippen LogP) is 0.598. The van der Waals surface area contributed by atoms with E-state index in [2.05, 4.69) is 18.3 Å². The number of nitrogens with one attached hydrogen (secondary N) is 1. The molecule has 4 N–H and O–H groups in total. The summed E-state index contributed by atoms with van der Waals surface area (Å²) >= 11 is 0. The molecular formula is C22H27NO7. The van der Waals surface area contributed by atoms with Crippen molar-refractivity contribution < 1.29 is 34.3 Å². The van der Waals surface area contributed by atoms with Gasteiger partial charge in [-0.25, -0.2) is 0 Å². The highest BCUT2D eigenvalue weighted by Gasteiger charge is 2.53. The zero-order valence-electron chi connectivity index (χ0n) is 16.9. The molecule has 8 heteroatoms. The quantitative estimate of drug-likeness (QED) is 0.530. The molecule has 1 aromatic rings. The fraction of sp³-hybridized carbons (Fsp3) is 0.500. The van der Waals surface area contributed by atoms with Crippen molar-refractivity contribution in [2.75, 3.05) is 13.4 Å². The Labute approximate surface area is 174 Å². The Balaban J connectivity index is 1.47. The number of hydrogen-bond acceptors (Lipinski definition) is 7. The van der Waals surface area contributed by atoms with Gasteiger partial charge in [0.15, 0.2) is 0 Å². The average molecular weight is 417 g/mol. The molecule has 8 nitrogen and oxygen atoms in total. The van der Waals surface area contributed by atoms with Crippen LogP contribution < -0.4 is 10.1 Å². The second-order valence-corrected chi connectivity index (χ2v) is 7.86. The fourth-order valence-corrected chi connectivity index (χ4v) is 4.20. The summed E-state index contributed by atoms with van der Waals surface area (Å²) in [6.45, 7) is 4.19. The maximum atomic E-state index is 12.7. The number of aliphatic hydroxyl groups excluding tert-OH is 3. The first kappa shape index (κ1) is 21.0. The number of amides is 1. The number of rotatable bonds is 4. The maximum absolute atomic E-state index is 12.7. The largest absolute Gasteiger partial charge is 0.488 e. The third-order valence-corrected chi connectivity index (χ3v) is 5.83. The first-order valence-electron chi connectivity index (χ1n) is 10.1. The van der Waals surface area contributed by atoms with Crippen LogP contribution in [-0.2, 0) is 14.3 Å². The van der Waals surface area contributed by atoms with Gasteiger partial charge in [0.05, 0.1) is 6.04 Å². The lowest BCUT2D eigenvalue weighted by Gasteiger charge is -2.41. The predicted molar refractivity (Wildman–Crippen MR) is 108 cm³/mol. The van der Waals surface area contributed by atoms with E-state index >= 15 is 0 Å². The molecular weight excluding hydrogens is 390 g/mol. The van der Waals surface area contributed by atoms with E-state index in [0.717, 1.165) is 28.9 Å². The maximum Gasteiger partial charge on any atom is 0.247 e. The Bertz CT molecular complexity index is 880. The van der Waals surface area contributed by atoms with Gasteiger partial charge in [0.1, 0.15) is 49.7 Å². The molecule has 1 saturated carbocycles. The van der Waals surface area contributed by atoms with Crippen molar-refractivity contribution in [3.8, 4) is 5.75 Å². The summed E-state index contributed by atoms with van der Waals surface area (Å²) in [4.78, 5) is 12.7. The first-order chi connectivity index (χ1) is 14.4. The molecule has 1 aromatic carbocycles. The van der Waals surface area contributed by atoms with Crippen molar-refractivity contribution in [3.63, 3.8) is 0 Å². The van der Waals surface area contributed by atoms with Gasteiger partial charge in [-0.2, -0.15) is 0 Å². The van der Waals surface area contributed by atoms with E-state index < -0.39 is 42.5 Å². The van der Waals surface area contributed by atoms with Gasteiger partial charge >= 0.3 is 0 Å². The molecule has 3 aliphatic rings. The molecule has 0 unspecified atom stereocenters. The van der Waals surface area contributed by atoms with Crippen LogP contribution in [0, 0.1) is 0 Å². The normalized spacial score (nSPS) is 34.4. The van der Waals surface area contributed by atoms with Crippen LogP contribution in [0.15, 0.2) is 29.8 Å². The number of hydrogen-bond donors (Lipinski definition) is 4. The Morgan fingerprint density at radius 3 is 2.63 bits per heavy atom. The summed E-state index contributed by atoms with van der Waals surface area (Å²) in [5.74, 6) is 0.318. The van der Waals surface area contributed by atoms with E-state index in [1.807, 2.05) is 18.2 Å². The topological polar surface area (TPSA) is 117 Å². The molecule has 2 fully saturated rings. The van der Waals surface area contributed by atoms with Crippen molar-refractivity contribution in [2.24, 2.45) is 0 Å². The molecule has 162 valence electrons. The highest BCUT2D eigenvalue weighted by molar-refractivity contribution is 5.97. The number of ether oxygens (including phenoxy) is 3. The SMILES string of the molecule is CC/C=C1/COc2cc(/C=C(\C)C(=O)N[C@@H]3[C@H](O)[C@@H](O)[C@H]4OCO[C@H]4[C@@H]3O)ccc21. The van der Waals surface area contributed by atoms with Crippen molar-refractivity contribution >= 4 is 17.6 Å². The lowest BCUT2D eigenvalue weighted by Crippen LogP contribution is -2.67. The van der Waals surface area contributed by atoms with Crippen LogP contribution >= 0.6 is 0 Å². The molecule has 0 bridgehead atoms. The summed E-state index contributed by atoms with van der Waals surface area (Å²) in [7, 11) is 0. The number of fused-ring (bicyclic) bond motifs is 2. The van der Waals surface area contributed by atoms with Gasteiger partial charge < -0.3 is 34.8 Å². The molecule has 1 amide bonds. The minimum Gasteiger partial charge on any atom is -0.488 e. The first-order valence-corrected chi connectivity index (χ1v) is 10.1. The molecule has 2 aliphatic heterocycles. The van der Waals surface area contributed by atoms with E-state index in [9.17, 15) is 20.1 Å². The van der Waals surface area contributed by atoms with Crippen LogP contribution in [0.25, 0.3) is 11.6 Å². The van der Waals surface area contributed by atoms with Gasteiger partial charge in [0, 0.05) is 11.1 Å². The van der Waals surface area contributed by atoms with Crippen LogP contribution in [0.3, 0.4) is 0 Å². The van der Waals surface area contributed by atoms with Gasteiger partial charge in [0.25, 0.3) is 0 Å². The second kappa shape index (κ2) is 8.49. The van der Waals surface area contributed by atoms with E-state index in [1.54, 1.807) is 13.0 Å². The molecule has 2 heterocycles. The Hall–Kier alpha value is -2.23. The van der Waals surface area contributed by atoms with E-state index in [1.165, 1.54) is 0 Å². The van der Waals surface area contributed by atoms with Crippen LogP contribution in [0.1, 0.15) is 31.4 Å². The summed E-state index contributed by atoms with van der Waals surface area (Å²) in [5.41, 5.74) is 3.41. The van der Waals surface area contributed by atoms with Crippen molar-refractivity contribution in [1.29, 1.82) is 0 Å². The molecule has 0 radical (unpaired) electrons. The van der Waals surface area contributed by atoms with E-state index in [0.29, 0.717) is 12.2 Å². The number of carbonyl (C=O) groups is 1. The van der Waals surface area contributed by atoms with Crippen molar-refractivity contribution in [2.45, 2.75) is 56.8 Å². The second-order valence-electron chi connectivity index (χ2n) is 7.86. The molecule has 6 atom stereocenters. The number of allylic oxidation sites excluding steroid dienone is 1. The van der Waals surface area contributed by atoms with Crippen LogP contribution in [0.5, 0.6) is 5.75 Å².